The van der Waals surface area contributed by atoms with Gasteiger partial charge in [-0.3, -0.25) is 14.9 Å². The molecule has 0 aromatic heterocycles. The van der Waals surface area contributed by atoms with Crippen molar-refractivity contribution in [2.45, 2.75) is 6.04 Å². The number of hydrogen-bond acceptors (Lipinski definition) is 5. The first-order valence-electron chi connectivity index (χ1n) is 8.11. The van der Waals surface area contributed by atoms with Crippen LogP contribution in [0.15, 0.2) is 42.5 Å². The monoisotopic (exact) mass is 359 g/mol. The molecular weight excluding hydrogens is 341 g/mol. The number of methoxy groups -OCH3 is 1. The third-order valence-electron chi connectivity index (χ3n) is 4.39. The highest BCUT2D eigenvalue weighted by Crippen LogP contribution is 2.32. The molecule has 2 aromatic carbocycles. The van der Waals surface area contributed by atoms with Crippen LogP contribution in [0.4, 0.5) is 10.1 Å². The van der Waals surface area contributed by atoms with E-state index >= 15 is 0 Å². The molecule has 1 atom stereocenters. The summed E-state index contributed by atoms with van der Waals surface area (Å²) in [5.41, 5.74) is 0.125. The topological polar surface area (TPSA) is 84.7 Å². The summed E-state index contributed by atoms with van der Waals surface area (Å²) in [4.78, 5) is 25.1. The maximum Gasteiger partial charge on any atom is 0.282 e. The van der Waals surface area contributed by atoms with Crippen molar-refractivity contribution in [1.29, 1.82) is 0 Å². The van der Waals surface area contributed by atoms with E-state index in [1.807, 2.05) is 18.2 Å². The van der Waals surface area contributed by atoms with Crippen molar-refractivity contribution < 1.29 is 18.8 Å². The molecule has 26 heavy (non-hydrogen) atoms. The van der Waals surface area contributed by atoms with Crippen LogP contribution < -0.4 is 10.1 Å². The highest BCUT2D eigenvalue weighted by atomic mass is 19.1. The van der Waals surface area contributed by atoms with Gasteiger partial charge in [0.25, 0.3) is 11.6 Å². The number of carbonyl (C=O) groups is 1. The van der Waals surface area contributed by atoms with E-state index in [-0.39, 0.29) is 11.6 Å². The summed E-state index contributed by atoms with van der Waals surface area (Å²) in [7, 11) is 1.54. The molecule has 1 saturated heterocycles. The largest absolute Gasteiger partial charge is 0.496 e. The van der Waals surface area contributed by atoms with Crippen molar-refractivity contribution in [2.24, 2.45) is 0 Å². The average Bonchev–Trinajstić information content (AvgIpc) is 2.67. The Morgan fingerprint density at radius 1 is 1.35 bits per heavy atom. The van der Waals surface area contributed by atoms with E-state index in [0.29, 0.717) is 25.4 Å². The zero-order chi connectivity index (χ0) is 18.7. The number of nitro benzene ring substituents is 1. The molecule has 0 saturated carbocycles. The van der Waals surface area contributed by atoms with Crippen LogP contribution in [0.3, 0.4) is 0 Å². The number of nitrogens with one attached hydrogen (secondary N) is 1. The highest BCUT2D eigenvalue weighted by molar-refractivity contribution is 5.98. The van der Waals surface area contributed by atoms with Gasteiger partial charge in [-0.15, -0.1) is 0 Å². The first-order valence-corrected chi connectivity index (χ1v) is 8.11. The van der Waals surface area contributed by atoms with Gasteiger partial charge in [0.15, 0.2) is 0 Å². The minimum absolute atomic E-state index is 0.253. The maximum atomic E-state index is 13.7. The predicted molar refractivity (Wildman–Crippen MR) is 92.7 cm³/mol. The van der Waals surface area contributed by atoms with E-state index in [1.165, 1.54) is 4.90 Å². The van der Waals surface area contributed by atoms with Crippen LogP contribution in [0.1, 0.15) is 22.0 Å². The Bertz CT molecular complexity index is 843. The zero-order valence-electron chi connectivity index (χ0n) is 14.1. The van der Waals surface area contributed by atoms with Crippen molar-refractivity contribution >= 4 is 11.6 Å². The second-order valence-electron chi connectivity index (χ2n) is 5.88. The second-order valence-corrected chi connectivity index (χ2v) is 5.88. The molecular formula is C18H18FN3O4. The number of amides is 1. The molecule has 7 nitrogen and oxygen atoms in total. The maximum absolute atomic E-state index is 13.7. The normalized spacial score (nSPS) is 17.0. The van der Waals surface area contributed by atoms with Gasteiger partial charge in [-0.25, -0.2) is 4.39 Å². The molecule has 0 spiro atoms. The quantitative estimate of drug-likeness (QED) is 0.670. The molecule has 2 aromatic rings. The summed E-state index contributed by atoms with van der Waals surface area (Å²) < 4.78 is 19.0. The summed E-state index contributed by atoms with van der Waals surface area (Å²) in [6, 6.07) is 9.82. The molecule has 8 heteroatoms. The van der Waals surface area contributed by atoms with Crippen LogP contribution in [-0.4, -0.2) is 42.5 Å². The smallest absolute Gasteiger partial charge is 0.282 e. The lowest BCUT2D eigenvalue weighted by Crippen LogP contribution is -2.48. The number of nitro groups is 1. The van der Waals surface area contributed by atoms with Crippen molar-refractivity contribution in [1.82, 2.24) is 10.2 Å². The lowest BCUT2D eigenvalue weighted by Gasteiger charge is -2.37. The molecule has 136 valence electrons. The van der Waals surface area contributed by atoms with Gasteiger partial charge >= 0.3 is 0 Å². The van der Waals surface area contributed by atoms with Crippen molar-refractivity contribution in [2.75, 3.05) is 26.7 Å². The zero-order valence-corrected chi connectivity index (χ0v) is 14.1. The highest BCUT2D eigenvalue weighted by Gasteiger charge is 2.33. The number of benzene rings is 2. The van der Waals surface area contributed by atoms with E-state index in [1.54, 1.807) is 13.2 Å². The van der Waals surface area contributed by atoms with Crippen LogP contribution >= 0.6 is 0 Å². The van der Waals surface area contributed by atoms with E-state index in [9.17, 15) is 19.3 Å². The van der Waals surface area contributed by atoms with Gasteiger partial charge in [0.1, 0.15) is 17.1 Å². The Balaban J connectivity index is 2.02. The molecule has 1 unspecified atom stereocenters. The molecule has 1 aliphatic heterocycles. The van der Waals surface area contributed by atoms with Crippen molar-refractivity contribution in [3.05, 3.63) is 69.5 Å². The lowest BCUT2D eigenvalue weighted by molar-refractivity contribution is -0.385. The number of para-hydroxylation sites is 1. The summed E-state index contributed by atoms with van der Waals surface area (Å²) >= 11 is 0. The lowest BCUT2D eigenvalue weighted by atomic mass is 10.0. The molecule has 0 bridgehead atoms. The van der Waals surface area contributed by atoms with Crippen LogP contribution in [0, 0.1) is 15.9 Å². The molecule has 1 fully saturated rings. The number of nitrogens with zero attached hydrogens (tertiary/aromatic N) is 2. The first kappa shape index (κ1) is 17.8. The number of halogens is 1. The van der Waals surface area contributed by atoms with E-state index in [4.69, 9.17) is 4.74 Å². The first-order chi connectivity index (χ1) is 12.5. The third kappa shape index (κ3) is 3.36. The van der Waals surface area contributed by atoms with E-state index < -0.39 is 22.3 Å². The molecule has 0 radical (unpaired) electrons. The summed E-state index contributed by atoms with van der Waals surface area (Å²) in [6.45, 7) is 1.35. The molecule has 1 heterocycles. The average molecular weight is 359 g/mol. The minimum Gasteiger partial charge on any atom is -0.496 e. The summed E-state index contributed by atoms with van der Waals surface area (Å²) in [6.07, 6.45) is 0. The Morgan fingerprint density at radius 3 is 2.85 bits per heavy atom. The fourth-order valence-corrected chi connectivity index (χ4v) is 3.16. The van der Waals surface area contributed by atoms with Crippen LogP contribution in [0.25, 0.3) is 0 Å². The Kier molecular flexibility index (Phi) is 5.13. The van der Waals surface area contributed by atoms with Crippen LogP contribution in [-0.2, 0) is 0 Å². The Labute approximate surface area is 149 Å². The molecule has 3 rings (SSSR count). The van der Waals surface area contributed by atoms with E-state index in [2.05, 4.69) is 5.32 Å². The SMILES string of the molecule is COc1ccccc1C1CNCCN1C(=O)c1cc(F)ccc1[N+](=O)[O-]. The minimum atomic E-state index is -0.692. The number of ether oxygens (including phenoxy) is 1. The van der Waals surface area contributed by atoms with Gasteiger partial charge in [-0.1, -0.05) is 18.2 Å². The number of hydrogen-bond donors (Lipinski definition) is 1. The van der Waals surface area contributed by atoms with Crippen LogP contribution in [0.2, 0.25) is 0 Å². The van der Waals surface area contributed by atoms with Gasteiger partial charge < -0.3 is 15.0 Å². The van der Waals surface area contributed by atoms with Gasteiger partial charge in [-0.2, -0.15) is 0 Å². The van der Waals surface area contributed by atoms with Gasteiger partial charge in [-0.05, 0) is 18.2 Å². The fourth-order valence-electron chi connectivity index (χ4n) is 3.16. The summed E-state index contributed by atoms with van der Waals surface area (Å²) in [5.74, 6) is -0.649. The predicted octanol–water partition coefficient (Wildman–Crippen LogP) is 2.53. The molecule has 1 amide bonds. The Morgan fingerprint density at radius 2 is 2.12 bits per heavy atom. The standard InChI is InChI=1S/C18H18FN3O4/c1-26-17-5-3-2-4-13(17)16-11-20-8-9-21(16)18(23)14-10-12(19)6-7-15(14)22(24)25/h2-7,10,16,20H,8-9,11H2,1H3. The van der Waals surface area contributed by atoms with Crippen molar-refractivity contribution in [3.8, 4) is 5.75 Å². The molecule has 0 aliphatic carbocycles. The van der Waals surface area contributed by atoms with Gasteiger partial charge in [0, 0.05) is 31.3 Å². The number of carbonyl (C=O) groups excluding carboxylic acids is 1. The molecule has 1 N–H and O–H groups in total. The van der Waals surface area contributed by atoms with Crippen LogP contribution in [0.5, 0.6) is 5.75 Å². The Hall–Kier alpha value is -3.00. The number of piperazine rings is 1. The third-order valence-corrected chi connectivity index (χ3v) is 4.39. The van der Waals surface area contributed by atoms with Gasteiger partial charge in [0.2, 0.25) is 0 Å². The van der Waals surface area contributed by atoms with Gasteiger partial charge in [0.05, 0.1) is 18.1 Å². The van der Waals surface area contributed by atoms with E-state index in [0.717, 1.165) is 23.8 Å². The fraction of sp³-hybridized carbons (Fsp3) is 0.278. The second kappa shape index (κ2) is 7.49. The van der Waals surface area contributed by atoms with Crippen molar-refractivity contribution in [3.63, 3.8) is 0 Å². The summed E-state index contributed by atoms with van der Waals surface area (Å²) in [5, 5.41) is 14.5. The molecule has 1 aliphatic rings. The number of rotatable bonds is 4.